The first-order valence-electron chi connectivity index (χ1n) is 7.58. The van der Waals surface area contributed by atoms with Crippen LogP contribution in [0.25, 0.3) is 0 Å². The summed E-state index contributed by atoms with van der Waals surface area (Å²) in [4.78, 5) is 14.0. The standard InChI is InChI=1S/C14H28N2O4S/c1-5-20-14(17)13(15-11(2)3)6-8-16(4)12-7-9-21(18,19)10-12/h11-13,15H,5-10H2,1-4H3. The second-order valence-electron chi connectivity index (χ2n) is 5.95. The highest BCUT2D eigenvalue weighted by Gasteiger charge is 2.31. The largest absolute Gasteiger partial charge is 0.465 e. The average molecular weight is 320 g/mol. The Hall–Kier alpha value is -0.660. The van der Waals surface area contributed by atoms with Gasteiger partial charge >= 0.3 is 5.97 Å². The van der Waals surface area contributed by atoms with Gasteiger partial charge < -0.3 is 15.0 Å². The summed E-state index contributed by atoms with van der Waals surface area (Å²) in [7, 11) is -0.952. The van der Waals surface area contributed by atoms with E-state index in [0.29, 0.717) is 26.0 Å². The molecule has 7 heteroatoms. The van der Waals surface area contributed by atoms with Gasteiger partial charge in [-0.25, -0.2) is 8.42 Å². The normalized spacial score (nSPS) is 22.7. The summed E-state index contributed by atoms with van der Waals surface area (Å²) in [5.74, 6) is 0.261. The molecule has 2 unspecified atom stereocenters. The van der Waals surface area contributed by atoms with Gasteiger partial charge in [0.05, 0.1) is 18.1 Å². The molecule has 1 fully saturated rings. The summed E-state index contributed by atoms with van der Waals surface area (Å²) in [6.07, 6.45) is 1.30. The second-order valence-corrected chi connectivity index (χ2v) is 8.18. The molecule has 1 heterocycles. The molecule has 0 amide bonds. The number of sulfone groups is 1. The van der Waals surface area contributed by atoms with Crippen molar-refractivity contribution >= 4 is 15.8 Å². The van der Waals surface area contributed by atoms with E-state index in [0.717, 1.165) is 0 Å². The zero-order valence-corrected chi connectivity index (χ0v) is 14.3. The number of rotatable bonds is 8. The number of carbonyl (C=O) groups excluding carboxylic acids is 1. The van der Waals surface area contributed by atoms with Crippen molar-refractivity contribution in [2.45, 2.75) is 51.7 Å². The first-order valence-corrected chi connectivity index (χ1v) is 9.40. The fourth-order valence-electron chi connectivity index (χ4n) is 2.55. The fraction of sp³-hybridized carbons (Fsp3) is 0.929. The summed E-state index contributed by atoms with van der Waals surface area (Å²) in [5, 5.41) is 3.21. The molecule has 0 spiro atoms. The van der Waals surface area contributed by atoms with Crippen LogP contribution in [0.1, 0.15) is 33.6 Å². The maximum Gasteiger partial charge on any atom is 0.323 e. The molecule has 6 nitrogen and oxygen atoms in total. The van der Waals surface area contributed by atoms with E-state index in [1.165, 1.54) is 0 Å². The minimum Gasteiger partial charge on any atom is -0.465 e. The predicted octanol–water partition coefficient (Wildman–Crippen LogP) is 0.425. The topological polar surface area (TPSA) is 75.7 Å². The van der Waals surface area contributed by atoms with Crippen LogP contribution in [0, 0.1) is 0 Å². The van der Waals surface area contributed by atoms with Crippen LogP contribution in [0.15, 0.2) is 0 Å². The number of hydrogen-bond acceptors (Lipinski definition) is 6. The third-order valence-corrected chi connectivity index (χ3v) is 5.46. The fourth-order valence-corrected chi connectivity index (χ4v) is 4.36. The van der Waals surface area contributed by atoms with Crippen LogP contribution in [-0.2, 0) is 19.4 Å². The van der Waals surface area contributed by atoms with Gasteiger partial charge in [-0.1, -0.05) is 13.8 Å². The molecule has 2 atom stereocenters. The number of nitrogens with zero attached hydrogens (tertiary/aromatic N) is 1. The van der Waals surface area contributed by atoms with E-state index < -0.39 is 9.84 Å². The lowest BCUT2D eigenvalue weighted by Crippen LogP contribution is -2.45. The van der Waals surface area contributed by atoms with Crippen molar-refractivity contribution in [1.29, 1.82) is 0 Å². The molecule has 1 aliphatic rings. The lowest BCUT2D eigenvalue weighted by Gasteiger charge is -2.26. The second kappa shape index (κ2) is 8.10. The third-order valence-electron chi connectivity index (χ3n) is 3.71. The molecule has 1 rings (SSSR count). The summed E-state index contributed by atoms with van der Waals surface area (Å²) in [6, 6.07) is -0.0844. The third kappa shape index (κ3) is 6.32. The molecular formula is C14H28N2O4S. The molecular weight excluding hydrogens is 292 g/mol. The van der Waals surface area contributed by atoms with E-state index in [1.54, 1.807) is 6.92 Å². The molecule has 0 aromatic heterocycles. The summed E-state index contributed by atoms with van der Waals surface area (Å²) in [6.45, 7) is 6.80. The molecule has 1 N–H and O–H groups in total. The van der Waals surface area contributed by atoms with Crippen LogP contribution in [0.3, 0.4) is 0 Å². The maximum atomic E-state index is 11.9. The zero-order valence-electron chi connectivity index (χ0n) is 13.5. The van der Waals surface area contributed by atoms with E-state index in [9.17, 15) is 13.2 Å². The summed E-state index contributed by atoms with van der Waals surface area (Å²) >= 11 is 0. The van der Waals surface area contributed by atoms with E-state index in [4.69, 9.17) is 4.74 Å². The Bertz CT molecular complexity index is 436. The van der Waals surface area contributed by atoms with Crippen LogP contribution in [0.2, 0.25) is 0 Å². The molecule has 0 saturated carbocycles. The molecule has 0 radical (unpaired) electrons. The molecule has 1 aliphatic heterocycles. The summed E-state index contributed by atoms with van der Waals surface area (Å²) < 4.78 is 28.1. The smallest absolute Gasteiger partial charge is 0.323 e. The maximum absolute atomic E-state index is 11.9. The number of carbonyl (C=O) groups is 1. The summed E-state index contributed by atoms with van der Waals surface area (Å²) in [5.41, 5.74) is 0. The highest BCUT2D eigenvalue weighted by Crippen LogP contribution is 2.17. The monoisotopic (exact) mass is 320 g/mol. The van der Waals surface area contributed by atoms with Crippen LogP contribution in [0.5, 0.6) is 0 Å². The van der Waals surface area contributed by atoms with Gasteiger partial charge in [-0.15, -0.1) is 0 Å². The zero-order chi connectivity index (χ0) is 16.0. The van der Waals surface area contributed by atoms with Gasteiger partial charge in [0.15, 0.2) is 9.84 Å². The van der Waals surface area contributed by atoms with E-state index >= 15 is 0 Å². The van der Waals surface area contributed by atoms with Gasteiger partial charge in [0.1, 0.15) is 6.04 Å². The van der Waals surface area contributed by atoms with Gasteiger partial charge in [0.2, 0.25) is 0 Å². The molecule has 0 aromatic rings. The SMILES string of the molecule is CCOC(=O)C(CCN(C)C1CCS(=O)(=O)C1)NC(C)C. The molecule has 0 aromatic carbocycles. The van der Waals surface area contributed by atoms with Crippen molar-refractivity contribution in [2.24, 2.45) is 0 Å². The van der Waals surface area contributed by atoms with Gasteiger partial charge in [0, 0.05) is 18.6 Å². The lowest BCUT2D eigenvalue weighted by molar-refractivity contribution is -0.146. The van der Waals surface area contributed by atoms with Gasteiger partial charge in [-0.3, -0.25) is 4.79 Å². The van der Waals surface area contributed by atoms with Crippen molar-refractivity contribution in [3.05, 3.63) is 0 Å². The first-order chi connectivity index (χ1) is 9.75. The van der Waals surface area contributed by atoms with Gasteiger partial charge in [0.25, 0.3) is 0 Å². The van der Waals surface area contributed by atoms with Crippen molar-refractivity contribution in [2.75, 3.05) is 31.7 Å². The Morgan fingerprint density at radius 3 is 2.57 bits per heavy atom. The highest BCUT2D eigenvalue weighted by molar-refractivity contribution is 7.91. The first kappa shape index (κ1) is 18.4. The molecule has 0 aliphatic carbocycles. The van der Waals surface area contributed by atoms with Crippen LogP contribution >= 0.6 is 0 Å². The molecule has 0 bridgehead atoms. The van der Waals surface area contributed by atoms with Crippen LogP contribution < -0.4 is 5.32 Å². The Labute approximate surface area is 128 Å². The minimum absolute atomic E-state index is 0.0666. The molecule has 124 valence electrons. The van der Waals surface area contributed by atoms with Crippen molar-refractivity contribution in [1.82, 2.24) is 10.2 Å². The van der Waals surface area contributed by atoms with Gasteiger partial charge in [-0.05, 0) is 26.8 Å². The van der Waals surface area contributed by atoms with E-state index in [1.807, 2.05) is 25.8 Å². The van der Waals surface area contributed by atoms with Crippen molar-refractivity contribution < 1.29 is 17.9 Å². The number of esters is 1. The quantitative estimate of drug-likeness (QED) is 0.654. The molecule has 21 heavy (non-hydrogen) atoms. The molecule has 1 saturated heterocycles. The lowest BCUT2D eigenvalue weighted by atomic mass is 10.1. The minimum atomic E-state index is -2.87. The van der Waals surface area contributed by atoms with E-state index in [2.05, 4.69) is 5.32 Å². The van der Waals surface area contributed by atoms with Crippen LogP contribution in [-0.4, -0.2) is 69.1 Å². The van der Waals surface area contributed by atoms with Gasteiger partial charge in [-0.2, -0.15) is 0 Å². The Morgan fingerprint density at radius 1 is 1.43 bits per heavy atom. The van der Waals surface area contributed by atoms with Crippen LogP contribution in [0.4, 0.5) is 0 Å². The number of nitrogens with one attached hydrogen (secondary N) is 1. The number of hydrogen-bond donors (Lipinski definition) is 1. The number of ether oxygens (including phenoxy) is 1. The van der Waals surface area contributed by atoms with Crippen molar-refractivity contribution in [3.8, 4) is 0 Å². The Kier molecular flexibility index (Phi) is 7.09. The Morgan fingerprint density at radius 2 is 2.10 bits per heavy atom. The predicted molar refractivity (Wildman–Crippen MR) is 83.0 cm³/mol. The highest BCUT2D eigenvalue weighted by atomic mass is 32.2. The van der Waals surface area contributed by atoms with E-state index in [-0.39, 0.29) is 35.6 Å². The Balaban J connectivity index is 2.50. The average Bonchev–Trinajstić information content (AvgIpc) is 2.74. The van der Waals surface area contributed by atoms with Crippen molar-refractivity contribution in [3.63, 3.8) is 0 Å².